The van der Waals surface area contributed by atoms with Crippen molar-refractivity contribution in [1.29, 1.82) is 0 Å². The van der Waals surface area contributed by atoms with E-state index >= 15 is 0 Å². The molecule has 11 heteroatoms. The van der Waals surface area contributed by atoms with Gasteiger partial charge in [0.25, 0.3) is 0 Å². The lowest BCUT2D eigenvalue weighted by Gasteiger charge is -2.28. The van der Waals surface area contributed by atoms with Crippen LogP contribution < -0.4 is 20.3 Å². The zero-order valence-corrected chi connectivity index (χ0v) is 30.5. The fourth-order valence-electron chi connectivity index (χ4n) is 6.11. The van der Waals surface area contributed by atoms with E-state index in [0.29, 0.717) is 18.4 Å². The Bertz CT molecular complexity index is 1970. The molecule has 3 amide bonds. The molecule has 3 N–H and O–H groups in total. The minimum atomic E-state index is -3.79. The number of sulfonamides is 1. The Balaban J connectivity index is 1.28. The number of nitrogens with one attached hydrogen (secondary N) is 3. The lowest BCUT2D eigenvalue weighted by atomic mass is 9.99. The van der Waals surface area contributed by atoms with Gasteiger partial charge in [0.2, 0.25) is 21.8 Å². The Morgan fingerprint density at radius 1 is 0.824 bits per heavy atom. The van der Waals surface area contributed by atoms with E-state index in [-0.39, 0.29) is 36.3 Å². The van der Waals surface area contributed by atoms with E-state index < -0.39 is 33.2 Å². The Morgan fingerprint density at radius 2 is 1.47 bits per heavy atom. The van der Waals surface area contributed by atoms with Crippen LogP contribution in [0, 0.1) is 0 Å². The average Bonchev–Trinajstić information content (AvgIpc) is 3.19. The quantitative estimate of drug-likeness (QED) is 0.163. The summed E-state index contributed by atoms with van der Waals surface area (Å²) in [5.74, 6) is -0.610. The van der Waals surface area contributed by atoms with E-state index in [2.05, 4.69) is 15.4 Å². The van der Waals surface area contributed by atoms with E-state index in [1.165, 1.54) is 0 Å². The van der Waals surface area contributed by atoms with E-state index in [1.807, 2.05) is 78.9 Å². The van der Waals surface area contributed by atoms with Crippen molar-refractivity contribution in [1.82, 2.24) is 15.4 Å². The molecule has 1 heterocycles. The molecule has 1 atom stereocenters. The zero-order valence-electron chi connectivity index (χ0n) is 29.7. The molecule has 0 fully saturated rings. The van der Waals surface area contributed by atoms with Crippen molar-refractivity contribution in [3.05, 3.63) is 120 Å². The van der Waals surface area contributed by atoms with Crippen LogP contribution in [0.15, 0.2) is 108 Å². The van der Waals surface area contributed by atoms with Crippen molar-refractivity contribution in [2.75, 3.05) is 4.90 Å². The van der Waals surface area contributed by atoms with Crippen molar-refractivity contribution < 1.29 is 27.5 Å². The van der Waals surface area contributed by atoms with Gasteiger partial charge >= 0.3 is 6.09 Å². The van der Waals surface area contributed by atoms with E-state index in [4.69, 9.17) is 4.74 Å². The van der Waals surface area contributed by atoms with Crippen LogP contribution in [0.3, 0.4) is 0 Å². The Hall–Kier alpha value is -5.00. The molecule has 51 heavy (non-hydrogen) atoms. The van der Waals surface area contributed by atoms with Gasteiger partial charge in [-0.25, -0.2) is 17.9 Å². The number of para-hydroxylation sites is 1. The molecule has 5 rings (SSSR count). The Labute approximate surface area is 300 Å². The second-order valence-corrected chi connectivity index (χ2v) is 16.2. The molecule has 4 aromatic carbocycles. The van der Waals surface area contributed by atoms with E-state index in [9.17, 15) is 22.8 Å². The molecule has 1 aliphatic heterocycles. The van der Waals surface area contributed by atoms with Crippen LogP contribution in [0.5, 0.6) is 0 Å². The molecule has 0 saturated carbocycles. The maximum atomic E-state index is 14.1. The Morgan fingerprint density at radius 3 is 2.18 bits per heavy atom. The van der Waals surface area contributed by atoms with Gasteiger partial charge in [0.05, 0.1) is 11.4 Å². The number of alkyl carbamates (subject to hydrolysis) is 1. The van der Waals surface area contributed by atoms with Crippen molar-refractivity contribution >= 4 is 33.6 Å². The molecule has 0 aromatic heterocycles. The minimum absolute atomic E-state index is 0.0614. The molecule has 0 unspecified atom stereocenters. The molecule has 0 saturated heterocycles. The molecule has 0 spiro atoms. The SMILES string of the molecule is CC(C)(C)NS(=O)(=O)c1ccccc1-c1ccc(CN2C(=O)[C@H](NC(=O)CC(C)(C)NC(=O)OCc3ccccc3)CCc3ccccc32)cc1. The molecular formula is C40H46N4O6S. The van der Waals surface area contributed by atoms with Crippen LogP contribution in [0.4, 0.5) is 10.5 Å². The van der Waals surface area contributed by atoms with Gasteiger partial charge in [0, 0.05) is 28.7 Å². The highest BCUT2D eigenvalue weighted by atomic mass is 32.2. The first-order valence-corrected chi connectivity index (χ1v) is 18.5. The van der Waals surface area contributed by atoms with Crippen molar-refractivity contribution in [3.63, 3.8) is 0 Å². The van der Waals surface area contributed by atoms with Crippen LogP contribution in [0.25, 0.3) is 11.1 Å². The molecular weight excluding hydrogens is 665 g/mol. The zero-order chi connectivity index (χ0) is 36.8. The summed E-state index contributed by atoms with van der Waals surface area (Å²) >= 11 is 0. The standard InChI is InChI=1S/C40H46N4O6S/c1-39(2,3)43-51(48,49)35-18-12-10-16-32(35)30-21-19-28(20-22-30)26-44-34-17-11-9-15-31(34)23-24-33(37(44)46)41-36(45)25-40(4,5)42-38(47)50-27-29-13-7-6-8-14-29/h6-22,33,43H,23-27H2,1-5H3,(H,41,45)(H,42,47)/t33-/m1/s1. The maximum Gasteiger partial charge on any atom is 0.407 e. The molecule has 10 nitrogen and oxygen atoms in total. The summed E-state index contributed by atoms with van der Waals surface area (Å²) in [6.45, 7) is 9.20. The highest BCUT2D eigenvalue weighted by molar-refractivity contribution is 7.89. The summed E-state index contributed by atoms with van der Waals surface area (Å²) in [6, 6.07) is 30.6. The monoisotopic (exact) mass is 710 g/mol. The number of carbonyl (C=O) groups is 3. The normalized spacial score (nSPS) is 15.0. The van der Waals surface area contributed by atoms with Gasteiger partial charge in [-0.05, 0) is 81.8 Å². The van der Waals surface area contributed by atoms with Gasteiger partial charge < -0.3 is 20.3 Å². The molecule has 4 aromatic rings. The minimum Gasteiger partial charge on any atom is -0.445 e. The first-order chi connectivity index (χ1) is 24.1. The average molecular weight is 711 g/mol. The number of ether oxygens (including phenoxy) is 1. The van der Waals surface area contributed by atoms with Crippen LogP contribution in [-0.4, -0.2) is 43.4 Å². The fraction of sp³-hybridized carbons (Fsp3) is 0.325. The third-order valence-corrected chi connectivity index (χ3v) is 10.2. The first-order valence-electron chi connectivity index (χ1n) is 17.0. The number of hydrogen-bond donors (Lipinski definition) is 3. The maximum absolute atomic E-state index is 14.1. The molecule has 1 aliphatic rings. The van der Waals surface area contributed by atoms with Gasteiger partial charge in [0.15, 0.2) is 0 Å². The first kappa shape index (κ1) is 37.3. The van der Waals surface area contributed by atoms with E-state index in [1.54, 1.807) is 63.8 Å². The Kier molecular flexibility index (Phi) is 11.3. The summed E-state index contributed by atoms with van der Waals surface area (Å²) < 4.78 is 34.6. The summed E-state index contributed by atoms with van der Waals surface area (Å²) in [6.07, 6.45) is 0.303. The van der Waals surface area contributed by atoms with Gasteiger partial charge in [-0.15, -0.1) is 0 Å². The number of nitrogens with zero attached hydrogens (tertiary/aromatic N) is 1. The van der Waals surface area contributed by atoms with Gasteiger partial charge in [-0.2, -0.15) is 0 Å². The predicted octanol–water partition coefficient (Wildman–Crippen LogP) is 6.49. The van der Waals surface area contributed by atoms with Crippen molar-refractivity contribution in [2.24, 2.45) is 0 Å². The van der Waals surface area contributed by atoms with E-state index in [0.717, 1.165) is 27.9 Å². The second kappa shape index (κ2) is 15.5. The molecule has 0 aliphatic carbocycles. The van der Waals surface area contributed by atoms with Crippen molar-refractivity contribution in [3.8, 4) is 11.1 Å². The van der Waals surface area contributed by atoms with Crippen LogP contribution >= 0.6 is 0 Å². The van der Waals surface area contributed by atoms with Gasteiger partial charge in [-0.1, -0.05) is 91.0 Å². The van der Waals surface area contributed by atoms with Crippen LogP contribution in [0.1, 0.15) is 64.2 Å². The predicted molar refractivity (Wildman–Crippen MR) is 198 cm³/mol. The second-order valence-electron chi connectivity index (χ2n) is 14.5. The number of aryl methyl sites for hydroxylation is 1. The number of amides is 3. The molecule has 0 radical (unpaired) electrons. The summed E-state index contributed by atoms with van der Waals surface area (Å²) in [5.41, 5.74) is 3.17. The van der Waals surface area contributed by atoms with Gasteiger partial charge in [0.1, 0.15) is 12.6 Å². The highest BCUT2D eigenvalue weighted by Gasteiger charge is 2.33. The number of rotatable bonds is 11. The number of fused-ring (bicyclic) bond motifs is 1. The number of benzene rings is 4. The summed E-state index contributed by atoms with van der Waals surface area (Å²) in [7, 11) is -3.79. The third kappa shape index (κ3) is 10.0. The van der Waals surface area contributed by atoms with Crippen LogP contribution in [-0.2, 0) is 43.9 Å². The number of anilines is 1. The number of carbonyl (C=O) groups excluding carboxylic acids is 3. The lowest BCUT2D eigenvalue weighted by molar-refractivity contribution is -0.128. The van der Waals surface area contributed by atoms with Crippen LogP contribution in [0.2, 0.25) is 0 Å². The molecule has 0 bridgehead atoms. The lowest BCUT2D eigenvalue weighted by Crippen LogP contribution is -2.51. The van der Waals surface area contributed by atoms with Gasteiger partial charge in [-0.3, -0.25) is 9.59 Å². The smallest absolute Gasteiger partial charge is 0.407 e. The largest absolute Gasteiger partial charge is 0.445 e. The topological polar surface area (TPSA) is 134 Å². The van der Waals surface area contributed by atoms with Crippen molar-refractivity contribution in [2.45, 2.75) is 89.0 Å². The third-order valence-electron chi connectivity index (χ3n) is 8.36. The molecule has 268 valence electrons. The summed E-state index contributed by atoms with van der Waals surface area (Å²) in [5, 5.41) is 5.69. The highest BCUT2D eigenvalue weighted by Crippen LogP contribution is 2.31. The summed E-state index contributed by atoms with van der Waals surface area (Å²) in [4.78, 5) is 41.8. The fourth-order valence-corrected chi connectivity index (χ4v) is 7.76. The number of hydrogen-bond acceptors (Lipinski definition) is 6.